The minimum atomic E-state index is -0.538. The lowest BCUT2D eigenvalue weighted by atomic mass is 10.1. The van der Waals surface area contributed by atoms with Gasteiger partial charge in [-0.15, -0.1) is 0 Å². The number of amides is 2. The first-order valence-corrected chi connectivity index (χ1v) is 11.0. The molecule has 0 spiro atoms. The zero-order valence-electron chi connectivity index (χ0n) is 16.6. The van der Waals surface area contributed by atoms with Crippen LogP contribution < -0.4 is 10.2 Å². The average Bonchev–Trinajstić information content (AvgIpc) is 3.00. The van der Waals surface area contributed by atoms with Crippen molar-refractivity contribution in [2.75, 3.05) is 4.90 Å². The molecule has 1 fully saturated rings. The summed E-state index contributed by atoms with van der Waals surface area (Å²) in [7, 11) is 0. The molecule has 2 heterocycles. The minimum Gasteiger partial charge on any atom is -0.317 e. The molecule has 5 nitrogen and oxygen atoms in total. The Morgan fingerprint density at radius 2 is 1.68 bits per heavy atom. The van der Waals surface area contributed by atoms with Gasteiger partial charge in [0.1, 0.15) is 5.57 Å². The number of aryl methyl sites for hydroxylation is 1. The van der Waals surface area contributed by atoms with E-state index in [1.165, 1.54) is 4.90 Å². The number of thiocarbonyl (C=S) groups is 1. The van der Waals surface area contributed by atoms with Crippen LogP contribution in [0.4, 0.5) is 5.69 Å². The molecule has 0 atom stereocenters. The fourth-order valence-corrected chi connectivity index (χ4v) is 4.56. The van der Waals surface area contributed by atoms with E-state index in [0.717, 1.165) is 27.1 Å². The predicted molar refractivity (Wildman–Crippen MR) is 131 cm³/mol. The third kappa shape index (κ3) is 3.84. The second-order valence-electron chi connectivity index (χ2n) is 7.02. The molecule has 2 amide bonds. The number of rotatable bonds is 3. The van der Waals surface area contributed by atoms with Crippen LogP contribution in [0, 0.1) is 13.8 Å². The van der Waals surface area contributed by atoms with Gasteiger partial charge in [0.05, 0.1) is 16.4 Å². The molecule has 0 unspecified atom stereocenters. The summed E-state index contributed by atoms with van der Waals surface area (Å²) in [5.41, 5.74) is 4.01. The van der Waals surface area contributed by atoms with Gasteiger partial charge in [-0.2, -0.15) is 0 Å². The molecule has 2 aromatic carbocycles. The summed E-state index contributed by atoms with van der Waals surface area (Å²) in [5, 5.41) is 2.95. The third-order valence-electron chi connectivity index (χ3n) is 5.06. The number of hydrogen-bond donors (Lipinski definition) is 1. The number of benzene rings is 2. The molecular weight excluding hydrogens is 498 g/mol. The van der Waals surface area contributed by atoms with Crippen molar-refractivity contribution in [1.29, 1.82) is 0 Å². The van der Waals surface area contributed by atoms with Crippen molar-refractivity contribution < 1.29 is 9.59 Å². The van der Waals surface area contributed by atoms with Crippen molar-refractivity contribution in [3.63, 3.8) is 0 Å². The topological polar surface area (TPSA) is 54.3 Å². The summed E-state index contributed by atoms with van der Waals surface area (Å²) in [5.74, 6) is -1.06. The Hall–Kier alpha value is -2.74. The molecule has 1 aliphatic heterocycles. The lowest BCUT2D eigenvalue weighted by Gasteiger charge is -2.29. The van der Waals surface area contributed by atoms with Crippen LogP contribution in [0.2, 0.25) is 5.02 Å². The van der Waals surface area contributed by atoms with Crippen LogP contribution in [0.15, 0.2) is 64.6 Å². The van der Waals surface area contributed by atoms with Crippen LogP contribution in [-0.4, -0.2) is 21.5 Å². The summed E-state index contributed by atoms with van der Waals surface area (Å²) in [6.45, 7) is 3.92. The minimum absolute atomic E-state index is 0.000983. The van der Waals surface area contributed by atoms with Gasteiger partial charge < -0.3 is 4.57 Å². The summed E-state index contributed by atoms with van der Waals surface area (Å²) in [4.78, 5) is 27.2. The Morgan fingerprint density at radius 1 is 1.03 bits per heavy atom. The number of nitrogens with one attached hydrogen (secondary N) is 1. The van der Waals surface area contributed by atoms with E-state index in [4.69, 9.17) is 23.8 Å². The highest BCUT2D eigenvalue weighted by atomic mass is 79.9. The van der Waals surface area contributed by atoms with E-state index >= 15 is 0 Å². The van der Waals surface area contributed by atoms with Gasteiger partial charge in [-0.3, -0.25) is 19.8 Å². The Labute approximate surface area is 198 Å². The molecule has 1 N–H and O–H groups in total. The molecule has 0 bridgehead atoms. The fourth-order valence-electron chi connectivity index (χ4n) is 3.60. The van der Waals surface area contributed by atoms with Gasteiger partial charge in [0.25, 0.3) is 11.8 Å². The molecule has 156 valence electrons. The number of hydrogen-bond acceptors (Lipinski definition) is 3. The molecular formula is C23H17BrClN3O2S. The number of anilines is 1. The van der Waals surface area contributed by atoms with Crippen LogP contribution in [0.25, 0.3) is 11.8 Å². The predicted octanol–water partition coefficient (Wildman–Crippen LogP) is 5.34. The third-order valence-corrected chi connectivity index (χ3v) is 6.33. The molecule has 4 rings (SSSR count). The maximum atomic E-state index is 13.3. The highest BCUT2D eigenvalue weighted by molar-refractivity contribution is 9.10. The van der Waals surface area contributed by atoms with Crippen molar-refractivity contribution in [2.45, 2.75) is 13.8 Å². The summed E-state index contributed by atoms with van der Waals surface area (Å²) >= 11 is 15.1. The normalized spacial score (nSPS) is 15.5. The number of carbonyl (C=O) groups excluding carboxylic acids is 2. The lowest BCUT2D eigenvalue weighted by Crippen LogP contribution is -2.54. The van der Waals surface area contributed by atoms with Crippen molar-refractivity contribution in [2.24, 2.45) is 0 Å². The molecule has 0 saturated carbocycles. The molecule has 8 heteroatoms. The largest absolute Gasteiger partial charge is 0.317 e. The average molecular weight is 515 g/mol. The van der Waals surface area contributed by atoms with Crippen LogP contribution >= 0.6 is 39.7 Å². The lowest BCUT2D eigenvalue weighted by molar-refractivity contribution is -0.122. The maximum Gasteiger partial charge on any atom is 0.270 e. The van der Waals surface area contributed by atoms with E-state index in [-0.39, 0.29) is 10.7 Å². The number of aromatic nitrogens is 1. The van der Waals surface area contributed by atoms with Crippen LogP contribution in [0.5, 0.6) is 0 Å². The van der Waals surface area contributed by atoms with Gasteiger partial charge in [0.15, 0.2) is 5.11 Å². The fraction of sp³-hybridized carbons (Fsp3) is 0.0870. The first-order valence-electron chi connectivity index (χ1n) is 9.39. The van der Waals surface area contributed by atoms with Gasteiger partial charge in [-0.1, -0.05) is 35.9 Å². The molecule has 1 saturated heterocycles. The van der Waals surface area contributed by atoms with Gasteiger partial charge in [0, 0.05) is 15.9 Å². The van der Waals surface area contributed by atoms with E-state index < -0.39 is 11.8 Å². The van der Waals surface area contributed by atoms with Crippen molar-refractivity contribution in [3.05, 3.63) is 86.6 Å². The highest BCUT2D eigenvalue weighted by Crippen LogP contribution is 2.31. The standard InChI is InChI=1S/C23H17BrClN3O2S/c1-13-11-15(14(2)27(13)19-9-5-3-7-17(19)24)12-16-21(29)26-23(31)28(22(16)30)20-10-6-4-8-18(20)25/h3-12H,1-2H3,(H,26,29,31)/b16-12+. The Balaban J connectivity index is 1.80. The van der Waals surface area contributed by atoms with Crippen molar-refractivity contribution >= 4 is 68.4 Å². The summed E-state index contributed by atoms with van der Waals surface area (Å²) in [6, 6.07) is 16.7. The van der Waals surface area contributed by atoms with Gasteiger partial charge in [-0.25, -0.2) is 0 Å². The molecule has 0 aliphatic carbocycles. The van der Waals surface area contributed by atoms with Gasteiger partial charge in [-0.05, 0) is 84.0 Å². The van der Waals surface area contributed by atoms with Crippen molar-refractivity contribution in [1.82, 2.24) is 9.88 Å². The monoisotopic (exact) mass is 513 g/mol. The molecule has 31 heavy (non-hydrogen) atoms. The Bertz CT molecular complexity index is 1280. The van der Waals surface area contributed by atoms with E-state index in [2.05, 4.69) is 25.8 Å². The quantitative estimate of drug-likeness (QED) is 0.292. The van der Waals surface area contributed by atoms with Gasteiger partial charge >= 0.3 is 0 Å². The summed E-state index contributed by atoms with van der Waals surface area (Å²) in [6.07, 6.45) is 1.60. The molecule has 1 aliphatic rings. The number of nitrogens with zero attached hydrogens (tertiary/aromatic N) is 2. The molecule has 0 radical (unpaired) electrons. The van der Waals surface area contributed by atoms with E-state index in [1.54, 1.807) is 30.3 Å². The maximum absolute atomic E-state index is 13.3. The molecule has 1 aromatic heterocycles. The SMILES string of the molecule is Cc1cc(/C=C2\C(=O)NC(=S)N(c3ccccc3Cl)C2=O)c(C)n1-c1ccccc1Br. The van der Waals surface area contributed by atoms with E-state index in [1.807, 2.05) is 44.2 Å². The molecule has 3 aromatic rings. The van der Waals surface area contributed by atoms with Gasteiger partial charge in [0.2, 0.25) is 0 Å². The second-order valence-corrected chi connectivity index (χ2v) is 8.67. The number of para-hydroxylation sites is 2. The zero-order chi connectivity index (χ0) is 22.3. The number of carbonyl (C=O) groups is 2. The Morgan fingerprint density at radius 3 is 2.35 bits per heavy atom. The zero-order valence-corrected chi connectivity index (χ0v) is 19.8. The highest BCUT2D eigenvalue weighted by Gasteiger charge is 2.35. The van der Waals surface area contributed by atoms with Crippen molar-refractivity contribution in [3.8, 4) is 5.69 Å². The van der Waals surface area contributed by atoms with Crippen LogP contribution in [0.1, 0.15) is 17.0 Å². The summed E-state index contributed by atoms with van der Waals surface area (Å²) < 4.78 is 3.01. The van der Waals surface area contributed by atoms with Crippen LogP contribution in [-0.2, 0) is 9.59 Å². The smallest absolute Gasteiger partial charge is 0.270 e. The van der Waals surface area contributed by atoms with E-state index in [0.29, 0.717) is 10.7 Å². The van der Waals surface area contributed by atoms with Crippen LogP contribution in [0.3, 0.4) is 0 Å². The Kier molecular flexibility index (Phi) is 5.83. The second kappa shape index (κ2) is 8.42. The number of halogens is 2. The first kappa shape index (κ1) is 21.5. The van der Waals surface area contributed by atoms with E-state index in [9.17, 15) is 9.59 Å². The first-order chi connectivity index (χ1) is 14.8.